The maximum Gasteiger partial charge on any atom is 0.299 e. The van der Waals surface area contributed by atoms with Crippen molar-refractivity contribution in [2.45, 2.75) is 0 Å². The van der Waals surface area contributed by atoms with Crippen LogP contribution in [0.3, 0.4) is 0 Å². The summed E-state index contributed by atoms with van der Waals surface area (Å²) in [6.45, 7) is 0. The summed E-state index contributed by atoms with van der Waals surface area (Å²) in [5.41, 5.74) is 0.905. The summed E-state index contributed by atoms with van der Waals surface area (Å²) in [5.74, 6) is 1.03. The molecule has 0 saturated carbocycles. The van der Waals surface area contributed by atoms with Gasteiger partial charge >= 0.3 is 0 Å². The van der Waals surface area contributed by atoms with Gasteiger partial charge in [-0.25, -0.2) is 4.98 Å². The van der Waals surface area contributed by atoms with E-state index in [4.69, 9.17) is 16.0 Å². The number of fused-ring (bicyclic) bond motifs is 3. The van der Waals surface area contributed by atoms with Gasteiger partial charge in [-0.3, -0.25) is 9.20 Å². The summed E-state index contributed by atoms with van der Waals surface area (Å²) in [5, 5.41) is 0.534. The van der Waals surface area contributed by atoms with Crippen LogP contribution in [0, 0.1) is 0 Å². The molecule has 4 rings (SSSR count). The van der Waals surface area contributed by atoms with Crippen LogP contribution in [0.5, 0.6) is 0 Å². The second kappa shape index (κ2) is 3.94. The van der Waals surface area contributed by atoms with Gasteiger partial charge in [0.05, 0.1) is 11.3 Å². The van der Waals surface area contributed by atoms with E-state index in [0.29, 0.717) is 33.4 Å². The number of aromatic amines is 1. The topological polar surface area (TPSA) is 76.2 Å². The minimum Gasteiger partial charge on any atom is -0.461 e. The second-order valence-corrected chi connectivity index (χ2v) is 4.69. The van der Waals surface area contributed by atoms with Gasteiger partial charge in [-0.2, -0.15) is 4.98 Å². The third-order valence-electron chi connectivity index (χ3n) is 2.99. The van der Waals surface area contributed by atoms with Crippen molar-refractivity contribution in [3.63, 3.8) is 0 Å². The maximum atomic E-state index is 12.0. The maximum absolute atomic E-state index is 12.0. The third-order valence-corrected chi connectivity index (χ3v) is 3.21. The molecule has 0 atom stereocenters. The number of pyridine rings is 1. The van der Waals surface area contributed by atoms with E-state index in [-0.39, 0.29) is 5.56 Å². The molecular formula is C13H7ClN4O2. The summed E-state index contributed by atoms with van der Waals surface area (Å²) < 4.78 is 6.94. The highest BCUT2D eigenvalue weighted by atomic mass is 35.5. The smallest absolute Gasteiger partial charge is 0.299 e. The Balaban J connectivity index is 2.15. The average Bonchev–Trinajstić information content (AvgIpc) is 3.08. The fourth-order valence-corrected chi connectivity index (χ4v) is 2.27. The minimum atomic E-state index is -0.368. The van der Waals surface area contributed by atoms with Crippen LogP contribution in [0.2, 0.25) is 5.02 Å². The lowest BCUT2D eigenvalue weighted by Crippen LogP contribution is -2.10. The molecular weight excluding hydrogens is 280 g/mol. The number of imidazole rings is 1. The molecule has 7 heteroatoms. The average molecular weight is 287 g/mol. The number of nitrogens with zero attached hydrogens (tertiary/aromatic N) is 3. The van der Waals surface area contributed by atoms with E-state index in [1.54, 1.807) is 41.1 Å². The third kappa shape index (κ3) is 1.55. The SMILES string of the molecule is O=c1nc2ccc(Cl)cn2c2nc(-c3ccco3)[nH]c12. The molecule has 0 bridgehead atoms. The lowest BCUT2D eigenvalue weighted by molar-refractivity contribution is 0.578. The lowest BCUT2D eigenvalue weighted by atomic mass is 10.4. The zero-order valence-electron chi connectivity index (χ0n) is 10.0. The first-order valence-corrected chi connectivity index (χ1v) is 6.22. The van der Waals surface area contributed by atoms with E-state index in [1.165, 1.54) is 0 Å². The molecule has 0 radical (unpaired) electrons. The molecule has 0 aliphatic carbocycles. The first kappa shape index (κ1) is 11.2. The predicted octanol–water partition coefficient (Wildman–Crippen LogP) is 2.48. The molecule has 0 aliphatic heterocycles. The van der Waals surface area contributed by atoms with Crippen LogP contribution >= 0.6 is 11.6 Å². The molecule has 0 aromatic carbocycles. The van der Waals surface area contributed by atoms with Crippen molar-refractivity contribution < 1.29 is 4.42 Å². The molecule has 4 aromatic rings. The number of H-pyrrole nitrogens is 1. The minimum absolute atomic E-state index is 0.316. The predicted molar refractivity (Wildman–Crippen MR) is 73.8 cm³/mol. The Kier molecular flexibility index (Phi) is 2.22. The van der Waals surface area contributed by atoms with Gasteiger partial charge in [-0.1, -0.05) is 11.6 Å². The van der Waals surface area contributed by atoms with Gasteiger partial charge in [0, 0.05) is 6.20 Å². The van der Waals surface area contributed by atoms with Crippen LogP contribution in [-0.2, 0) is 0 Å². The van der Waals surface area contributed by atoms with Crippen molar-refractivity contribution in [3.05, 3.63) is 52.1 Å². The Morgan fingerprint density at radius 1 is 1.25 bits per heavy atom. The van der Waals surface area contributed by atoms with Crippen molar-refractivity contribution in [1.29, 1.82) is 0 Å². The summed E-state index contributed by atoms with van der Waals surface area (Å²) in [7, 11) is 0. The highest BCUT2D eigenvalue weighted by molar-refractivity contribution is 6.30. The molecule has 1 N–H and O–H groups in total. The normalized spacial score (nSPS) is 11.4. The van der Waals surface area contributed by atoms with Gasteiger partial charge < -0.3 is 9.40 Å². The summed E-state index contributed by atoms with van der Waals surface area (Å²) >= 11 is 5.98. The number of halogens is 1. The van der Waals surface area contributed by atoms with E-state index in [1.807, 2.05) is 0 Å². The molecule has 20 heavy (non-hydrogen) atoms. The van der Waals surface area contributed by atoms with Crippen LogP contribution in [0.4, 0.5) is 0 Å². The van der Waals surface area contributed by atoms with Gasteiger partial charge in [-0.05, 0) is 24.3 Å². The lowest BCUT2D eigenvalue weighted by Gasteiger charge is -2.00. The molecule has 0 unspecified atom stereocenters. The van der Waals surface area contributed by atoms with Crippen LogP contribution in [0.15, 0.2) is 45.9 Å². The van der Waals surface area contributed by atoms with E-state index in [9.17, 15) is 4.79 Å². The number of hydrogen-bond donors (Lipinski definition) is 1. The van der Waals surface area contributed by atoms with Gasteiger partial charge in [-0.15, -0.1) is 0 Å². The van der Waals surface area contributed by atoms with Crippen LogP contribution in [-0.4, -0.2) is 19.4 Å². The molecule has 0 spiro atoms. The van der Waals surface area contributed by atoms with Gasteiger partial charge in [0.2, 0.25) is 0 Å². The molecule has 0 aliphatic rings. The highest BCUT2D eigenvalue weighted by Gasteiger charge is 2.13. The molecule has 6 nitrogen and oxygen atoms in total. The quantitative estimate of drug-likeness (QED) is 0.583. The zero-order valence-corrected chi connectivity index (χ0v) is 10.8. The Morgan fingerprint density at radius 2 is 2.15 bits per heavy atom. The van der Waals surface area contributed by atoms with Crippen LogP contribution < -0.4 is 5.56 Å². The highest BCUT2D eigenvalue weighted by Crippen LogP contribution is 2.20. The van der Waals surface area contributed by atoms with Crippen molar-refractivity contribution in [2.24, 2.45) is 0 Å². The van der Waals surface area contributed by atoms with E-state index >= 15 is 0 Å². The largest absolute Gasteiger partial charge is 0.461 e. The van der Waals surface area contributed by atoms with E-state index < -0.39 is 0 Å². The van der Waals surface area contributed by atoms with Crippen LogP contribution in [0.1, 0.15) is 0 Å². The summed E-state index contributed by atoms with van der Waals surface area (Å²) in [6, 6.07) is 6.86. The number of nitrogens with one attached hydrogen (secondary N) is 1. The first-order chi connectivity index (χ1) is 9.72. The summed E-state index contributed by atoms with van der Waals surface area (Å²) in [6.07, 6.45) is 3.21. The Labute approximate surface area is 116 Å². The molecule has 0 fully saturated rings. The van der Waals surface area contributed by atoms with Gasteiger partial charge in [0.25, 0.3) is 5.56 Å². The molecule has 4 aromatic heterocycles. The fraction of sp³-hybridized carbons (Fsp3) is 0. The number of hydrogen-bond acceptors (Lipinski definition) is 4. The molecule has 0 amide bonds. The number of furan rings is 1. The van der Waals surface area contributed by atoms with Crippen molar-refractivity contribution in [2.75, 3.05) is 0 Å². The molecule has 98 valence electrons. The Hall–Kier alpha value is -2.60. The molecule has 4 heterocycles. The van der Waals surface area contributed by atoms with Gasteiger partial charge in [0.1, 0.15) is 5.65 Å². The van der Waals surface area contributed by atoms with Gasteiger partial charge in [0.15, 0.2) is 22.7 Å². The zero-order chi connectivity index (χ0) is 13.7. The Bertz CT molecular complexity index is 985. The van der Waals surface area contributed by atoms with Crippen molar-refractivity contribution >= 4 is 28.4 Å². The van der Waals surface area contributed by atoms with E-state index in [0.717, 1.165) is 0 Å². The van der Waals surface area contributed by atoms with E-state index in [2.05, 4.69) is 15.0 Å². The first-order valence-electron chi connectivity index (χ1n) is 5.84. The summed E-state index contributed by atoms with van der Waals surface area (Å²) in [4.78, 5) is 23.3. The fourth-order valence-electron chi connectivity index (χ4n) is 2.11. The van der Waals surface area contributed by atoms with Crippen molar-refractivity contribution in [3.8, 4) is 11.6 Å². The number of rotatable bonds is 1. The second-order valence-electron chi connectivity index (χ2n) is 4.25. The van der Waals surface area contributed by atoms with Crippen LogP contribution in [0.25, 0.3) is 28.4 Å². The standard InChI is InChI=1S/C13H7ClN4O2/c14-7-3-4-9-15-13(19)10-12(18(9)6-7)17-11(16-10)8-2-1-5-20-8/h1-6H,(H,16,17). The molecule has 0 saturated heterocycles. The Morgan fingerprint density at radius 3 is 2.95 bits per heavy atom. The van der Waals surface area contributed by atoms with Crippen molar-refractivity contribution in [1.82, 2.24) is 19.4 Å². The monoisotopic (exact) mass is 286 g/mol. The number of aromatic nitrogens is 4.